The highest BCUT2D eigenvalue weighted by atomic mass is 16.2. The molecule has 0 aliphatic carbocycles. The quantitative estimate of drug-likeness (QED) is 0.262. The predicted molar refractivity (Wildman–Crippen MR) is 126 cm³/mol. The van der Waals surface area contributed by atoms with Crippen LogP contribution in [0.25, 0.3) is 5.57 Å². The third-order valence-corrected chi connectivity index (χ3v) is 5.30. The molecule has 1 aliphatic heterocycles. The summed E-state index contributed by atoms with van der Waals surface area (Å²) in [5.41, 5.74) is 3.55. The van der Waals surface area contributed by atoms with E-state index in [9.17, 15) is 14.4 Å². The highest BCUT2D eigenvalue weighted by molar-refractivity contribution is 6.32. The fraction of sp³-hybridized carbons (Fsp3) is 0.0417. The van der Waals surface area contributed by atoms with Gasteiger partial charge in [-0.2, -0.15) is 10.2 Å². The predicted octanol–water partition coefficient (Wildman–Crippen LogP) is 3.03. The SMILES string of the molecule is Cn1cc(C(=O)Nc2ccc(C(=O)c3ccc4c(c3)/C(=C/Nc3cc[nH]n3)C(=O)N4)cc2)cn1. The number of rotatable bonds is 6. The van der Waals surface area contributed by atoms with Gasteiger partial charge in [0.2, 0.25) is 0 Å². The van der Waals surface area contributed by atoms with Crippen LogP contribution in [-0.2, 0) is 11.8 Å². The molecule has 3 heterocycles. The van der Waals surface area contributed by atoms with Crippen LogP contribution in [0.4, 0.5) is 17.2 Å². The van der Waals surface area contributed by atoms with Crippen molar-refractivity contribution in [1.82, 2.24) is 20.0 Å². The molecular weight excluding hydrogens is 434 g/mol. The Morgan fingerprint density at radius 1 is 1.03 bits per heavy atom. The Bertz CT molecular complexity index is 1430. The Morgan fingerprint density at radius 2 is 1.82 bits per heavy atom. The molecule has 5 rings (SSSR count). The minimum absolute atomic E-state index is 0.202. The van der Waals surface area contributed by atoms with Gasteiger partial charge in [0.1, 0.15) is 0 Å². The Balaban J connectivity index is 1.33. The number of carbonyl (C=O) groups is 3. The second-order valence-electron chi connectivity index (χ2n) is 7.64. The number of aryl methyl sites for hydroxylation is 1. The maximum Gasteiger partial charge on any atom is 0.258 e. The Morgan fingerprint density at radius 3 is 2.53 bits per heavy atom. The van der Waals surface area contributed by atoms with E-state index in [1.807, 2.05) is 0 Å². The molecule has 2 aromatic carbocycles. The van der Waals surface area contributed by atoms with E-state index in [2.05, 4.69) is 31.2 Å². The summed E-state index contributed by atoms with van der Waals surface area (Å²) in [6.07, 6.45) is 6.32. The molecule has 0 atom stereocenters. The molecule has 0 saturated heterocycles. The zero-order chi connectivity index (χ0) is 23.7. The molecule has 0 radical (unpaired) electrons. The van der Waals surface area contributed by atoms with Crippen molar-refractivity contribution in [3.05, 3.63) is 95.6 Å². The molecular formula is C24H19N7O3. The van der Waals surface area contributed by atoms with Crippen molar-refractivity contribution in [3.8, 4) is 0 Å². The normalized spacial score (nSPS) is 13.4. The van der Waals surface area contributed by atoms with E-state index in [1.54, 1.807) is 78.9 Å². The van der Waals surface area contributed by atoms with Crippen LogP contribution >= 0.6 is 0 Å². The summed E-state index contributed by atoms with van der Waals surface area (Å²) in [4.78, 5) is 37.8. The monoisotopic (exact) mass is 453 g/mol. The number of benzene rings is 2. The topological polar surface area (TPSA) is 134 Å². The van der Waals surface area contributed by atoms with Crippen molar-refractivity contribution >= 4 is 40.4 Å². The number of hydrogen-bond acceptors (Lipinski definition) is 6. The maximum absolute atomic E-state index is 13.1. The van der Waals surface area contributed by atoms with Gasteiger partial charge in [-0.05, 0) is 42.5 Å². The molecule has 0 bridgehead atoms. The number of aromatic amines is 1. The van der Waals surface area contributed by atoms with Crippen molar-refractivity contribution in [2.75, 3.05) is 16.0 Å². The highest BCUT2D eigenvalue weighted by Gasteiger charge is 2.25. The summed E-state index contributed by atoms with van der Waals surface area (Å²) >= 11 is 0. The first-order valence-corrected chi connectivity index (χ1v) is 10.3. The zero-order valence-electron chi connectivity index (χ0n) is 18.0. The number of amides is 2. The third kappa shape index (κ3) is 4.07. The van der Waals surface area contributed by atoms with Gasteiger partial charge in [-0.15, -0.1) is 0 Å². The fourth-order valence-corrected chi connectivity index (χ4v) is 3.57. The minimum Gasteiger partial charge on any atom is -0.344 e. The lowest BCUT2D eigenvalue weighted by Crippen LogP contribution is -2.11. The van der Waals surface area contributed by atoms with Crippen LogP contribution in [0, 0.1) is 0 Å². The third-order valence-electron chi connectivity index (χ3n) is 5.30. The lowest BCUT2D eigenvalue weighted by molar-refractivity contribution is -0.110. The smallest absolute Gasteiger partial charge is 0.258 e. The van der Waals surface area contributed by atoms with Gasteiger partial charge >= 0.3 is 0 Å². The molecule has 2 amide bonds. The van der Waals surface area contributed by atoms with E-state index >= 15 is 0 Å². The van der Waals surface area contributed by atoms with Crippen molar-refractivity contribution in [2.45, 2.75) is 0 Å². The fourth-order valence-electron chi connectivity index (χ4n) is 3.57. The largest absolute Gasteiger partial charge is 0.344 e. The molecule has 0 fully saturated rings. The Kier molecular flexibility index (Phi) is 5.23. The minimum atomic E-state index is -0.286. The van der Waals surface area contributed by atoms with Crippen molar-refractivity contribution < 1.29 is 14.4 Å². The van der Waals surface area contributed by atoms with E-state index in [1.165, 1.54) is 6.20 Å². The summed E-state index contributed by atoms with van der Waals surface area (Å²) in [5, 5.41) is 19.2. The lowest BCUT2D eigenvalue weighted by Gasteiger charge is -2.07. The first-order chi connectivity index (χ1) is 16.5. The highest BCUT2D eigenvalue weighted by Crippen LogP contribution is 2.33. The molecule has 2 aromatic heterocycles. The number of H-pyrrole nitrogens is 1. The van der Waals surface area contributed by atoms with E-state index in [0.29, 0.717) is 45.0 Å². The summed E-state index contributed by atoms with van der Waals surface area (Å²) in [7, 11) is 1.73. The first kappa shape index (κ1) is 20.9. The molecule has 10 heteroatoms. The Labute approximate surface area is 193 Å². The van der Waals surface area contributed by atoms with Gasteiger partial charge in [0, 0.05) is 59.8 Å². The van der Waals surface area contributed by atoms with Gasteiger partial charge in [0.25, 0.3) is 11.8 Å². The second-order valence-corrected chi connectivity index (χ2v) is 7.64. The van der Waals surface area contributed by atoms with E-state index in [-0.39, 0.29) is 17.6 Å². The van der Waals surface area contributed by atoms with Crippen molar-refractivity contribution in [2.24, 2.45) is 7.05 Å². The van der Waals surface area contributed by atoms with Crippen LogP contribution in [0.15, 0.2) is 73.3 Å². The number of fused-ring (bicyclic) bond motifs is 1. The number of aromatic nitrogens is 4. The lowest BCUT2D eigenvalue weighted by atomic mass is 9.98. The number of nitrogens with one attached hydrogen (secondary N) is 4. The summed E-state index contributed by atoms with van der Waals surface area (Å²) in [6, 6.07) is 13.4. The average Bonchev–Trinajstić information content (AvgIpc) is 3.57. The average molecular weight is 453 g/mol. The molecule has 4 N–H and O–H groups in total. The molecule has 1 aliphatic rings. The zero-order valence-corrected chi connectivity index (χ0v) is 18.0. The van der Waals surface area contributed by atoms with Crippen molar-refractivity contribution in [1.29, 1.82) is 0 Å². The van der Waals surface area contributed by atoms with Crippen LogP contribution in [0.1, 0.15) is 31.8 Å². The second kappa shape index (κ2) is 8.51. The Hall–Kier alpha value is -4.99. The van der Waals surface area contributed by atoms with Crippen LogP contribution in [0.2, 0.25) is 0 Å². The summed E-state index contributed by atoms with van der Waals surface area (Å²) < 4.78 is 1.55. The molecule has 168 valence electrons. The van der Waals surface area contributed by atoms with Gasteiger partial charge in [-0.25, -0.2) is 0 Å². The summed E-state index contributed by atoms with van der Waals surface area (Å²) in [5.74, 6) is -0.189. The molecule has 10 nitrogen and oxygen atoms in total. The standard InChI is InChI=1S/C24H19N7O3/c1-31-13-16(11-27-31)23(33)28-17-5-2-14(3-6-17)22(32)15-4-7-20-18(10-15)19(24(34)29-20)12-25-21-8-9-26-30-21/h2-13H,1H3,(H,28,33)(H,29,34)(H2,25,26,30)/b19-12-. The van der Waals surface area contributed by atoms with Gasteiger partial charge in [0.15, 0.2) is 11.6 Å². The summed E-state index contributed by atoms with van der Waals surface area (Å²) in [6.45, 7) is 0. The van der Waals surface area contributed by atoms with Gasteiger partial charge in [0.05, 0.1) is 17.3 Å². The number of hydrogen-bond donors (Lipinski definition) is 4. The van der Waals surface area contributed by atoms with Crippen LogP contribution in [0.5, 0.6) is 0 Å². The number of carbonyl (C=O) groups excluding carboxylic acids is 3. The van der Waals surface area contributed by atoms with Gasteiger partial charge < -0.3 is 16.0 Å². The van der Waals surface area contributed by atoms with Crippen molar-refractivity contribution in [3.63, 3.8) is 0 Å². The van der Waals surface area contributed by atoms with Crippen LogP contribution in [0.3, 0.4) is 0 Å². The number of ketones is 1. The van der Waals surface area contributed by atoms with E-state index in [4.69, 9.17) is 0 Å². The van der Waals surface area contributed by atoms with Crippen LogP contribution < -0.4 is 16.0 Å². The molecule has 0 spiro atoms. The van der Waals surface area contributed by atoms with Gasteiger partial charge in [-0.1, -0.05) is 0 Å². The molecule has 4 aromatic rings. The van der Waals surface area contributed by atoms with Crippen LogP contribution in [-0.4, -0.2) is 37.6 Å². The number of anilines is 3. The molecule has 34 heavy (non-hydrogen) atoms. The molecule has 0 saturated carbocycles. The first-order valence-electron chi connectivity index (χ1n) is 10.3. The maximum atomic E-state index is 13.1. The number of nitrogens with zero attached hydrogens (tertiary/aromatic N) is 3. The van der Waals surface area contributed by atoms with Gasteiger partial charge in [-0.3, -0.25) is 24.2 Å². The molecule has 0 unspecified atom stereocenters. The van der Waals surface area contributed by atoms with E-state index < -0.39 is 0 Å². The van der Waals surface area contributed by atoms with E-state index in [0.717, 1.165) is 0 Å².